The molecule has 9 heteroatoms. The topological polar surface area (TPSA) is 85.4 Å². The number of hydrogen-bond acceptors (Lipinski definition) is 7. The van der Waals surface area contributed by atoms with Crippen LogP contribution in [0.5, 0.6) is 5.75 Å². The van der Waals surface area contributed by atoms with Crippen LogP contribution in [-0.2, 0) is 11.3 Å². The van der Waals surface area contributed by atoms with E-state index in [1.807, 2.05) is 47.9 Å². The number of rotatable bonds is 8. The molecule has 1 aliphatic rings. The monoisotopic (exact) mass is 441 g/mol. The number of hydrogen-bond donors (Lipinski definition) is 1. The molecule has 164 valence electrons. The smallest absolute Gasteiger partial charge is 0.237 e. The number of anilines is 2. The standard InChI is InChI=1S/C22H27N5O3S/c1-16(20(28)23-18-10-4-5-11-19(18)29-2)31-22-25-24-21(26-12-6-3-7-13-26)27(22)15-17-9-8-14-30-17/h4-5,8-11,14,16H,3,6-7,12-13,15H2,1-2H3,(H,23,28). The van der Waals surface area contributed by atoms with Crippen LogP contribution in [-0.4, -0.2) is 46.1 Å². The summed E-state index contributed by atoms with van der Waals surface area (Å²) in [5.41, 5.74) is 0.647. The van der Waals surface area contributed by atoms with E-state index in [1.54, 1.807) is 13.4 Å². The molecule has 3 aromatic rings. The van der Waals surface area contributed by atoms with E-state index in [4.69, 9.17) is 9.15 Å². The van der Waals surface area contributed by atoms with Crippen LogP contribution in [0, 0.1) is 0 Å². The maximum atomic E-state index is 12.8. The summed E-state index contributed by atoms with van der Waals surface area (Å²) in [6.45, 7) is 4.31. The van der Waals surface area contributed by atoms with Gasteiger partial charge in [-0.05, 0) is 50.5 Å². The van der Waals surface area contributed by atoms with Crippen LogP contribution in [0.1, 0.15) is 31.9 Å². The molecule has 0 spiro atoms. The predicted molar refractivity (Wildman–Crippen MR) is 121 cm³/mol. The second kappa shape index (κ2) is 9.91. The number of carbonyl (C=O) groups is 1. The number of nitrogens with zero attached hydrogens (tertiary/aromatic N) is 4. The Morgan fingerprint density at radius 3 is 2.74 bits per heavy atom. The predicted octanol–water partition coefficient (Wildman–Crippen LogP) is 4.04. The summed E-state index contributed by atoms with van der Waals surface area (Å²) in [6, 6.07) is 11.2. The van der Waals surface area contributed by atoms with Crippen LogP contribution in [0.15, 0.2) is 52.2 Å². The first kappa shape index (κ1) is 21.3. The van der Waals surface area contributed by atoms with Gasteiger partial charge in [0, 0.05) is 13.1 Å². The molecule has 1 aromatic carbocycles. The summed E-state index contributed by atoms with van der Waals surface area (Å²) >= 11 is 1.39. The number of ether oxygens (including phenoxy) is 1. The number of aromatic nitrogens is 3. The number of nitrogens with one attached hydrogen (secondary N) is 1. The first-order valence-electron chi connectivity index (χ1n) is 10.5. The molecule has 1 unspecified atom stereocenters. The van der Waals surface area contributed by atoms with Gasteiger partial charge in [-0.25, -0.2) is 0 Å². The van der Waals surface area contributed by atoms with Gasteiger partial charge in [0.2, 0.25) is 11.9 Å². The van der Waals surface area contributed by atoms with Crippen molar-refractivity contribution in [2.45, 2.75) is 43.1 Å². The van der Waals surface area contributed by atoms with Crippen molar-refractivity contribution in [1.82, 2.24) is 14.8 Å². The average molecular weight is 442 g/mol. The number of thioether (sulfide) groups is 1. The molecule has 1 aliphatic heterocycles. The second-order valence-electron chi connectivity index (χ2n) is 7.45. The van der Waals surface area contributed by atoms with Crippen LogP contribution < -0.4 is 15.0 Å². The molecule has 3 heterocycles. The lowest BCUT2D eigenvalue weighted by atomic mass is 10.1. The van der Waals surface area contributed by atoms with Crippen molar-refractivity contribution >= 4 is 29.3 Å². The molecular weight excluding hydrogens is 414 g/mol. The fourth-order valence-corrected chi connectivity index (χ4v) is 4.43. The minimum atomic E-state index is -0.376. The Kier molecular flexibility index (Phi) is 6.81. The Morgan fingerprint density at radius 2 is 2.00 bits per heavy atom. The molecule has 31 heavy (non-hydrogen) atoms. The van der Waals surface area contributed by atoms with Gasteiger partial charge in [-0.2, -0.15) is 0 Å². The van der Waals surface area contributed by atoms with Crippen LogP contribution in [0.3, 0.4) is 0 Å². The van der Waals surface area contributed by atoms with Crippen molar-refractivity contribution < 1.29 is 13.9 Å². The Labute approximate surface area is 186 Å². The molecule has 2 aromatic heterocycles. The first-order chi connectivity index (χ1) is 15.2. The van der Waals surface area contributed by atoms with Gasteiger partial charge in [0.05, 0.1) is 30.9 Å². The van der Waals surface area contributed by atoms with E-state index in [-0.39, 0.29) is 11.2 Å². The Morgan fingerprint density at radius 1 is 1.19 bits per heavy atom. The lowest BCUT2D eigenvalue weighted by Crippen LogP contribution is -2.32. The zero-order chi connectivity index (χ0) is 21.6. The highest BCUT2D eigenvalue weighted by atomic mass is 32.2. The van der Waals surface area contributed by atoms with Crippen molar-refractivity contribution in [3.8, 4) is 5.75 Å². The lowest BCUT2D eigenvalue weighted by molar-refractivity contribution is -0.115. The molecule has 1 fully saturated rings. The van der Waals surface area contributed by atoms with Crippen molar-refractivity contribution in [3.63, 3.8) is 0 Å². The zero-order valence-corrected chi connectivity index (χ0v) is 18.6. The third kappa shape index (κ3) is 5.04. The highest BCUT2D eigenvalue weighted by Crippen LogP contribution is 2.30. The highest BCUT2D eigenvalue weighted by molar-refractivity contribution is 8.00. The van der Waals surface area contributed by atoms with Gasteiger partial charge in [-0.3, -0.25) is 9.36 Å². The number of benzene rings is 1. The van der Waals surface area contributed by atoms with Gasteiger partial charge in [0.25, 0.3) is 0 Å². The molecule has 0 aliphatic carbocycles. The van der Waals surface area contributed by atoms with E-state index in [2.05, 4.69) is 20.4 Å². The average Bonchev–Trinajstić information content (AvgIpc) is 3.45. The van der Waals surface area contributed by atoms with Gasteiger partial charge >= 0.3 is 0 Å². The molecule has 0 bridgehead atoms. The van der Waals surface area contributed by atoms with Gasteiger partial charge < -0.3 is 19.4 Å². The molecule has 4 rings (SSSR count). The quantitative estimate of drug-likeness (QED) is 0.528. The Balaban J connectivity index is 1.52. The maximum absolute atomic E-state index is 12.8. The summed E-state index contributed by atoms with van der Waals surface area (Å²) < 4.78 is 12.9. The number of para-hydroxylation sites is 2. The van der Waals surface area contributed by atoms with Crippen molar-refractivity contribution in [2.24, 2.45) is 0 Å². The minimum Gasteiger partial charge on any atom is -0.495 e. The Hall–Kier alpha value is -2.94. The molecule has 1 saturated heterocycles. The summed E-state index contributed by atoms with van der Waals surface area (Å²) in [5.74, 6) is 2.16. The fraction of sp³-hybridized carbons (Fsp3) is 0.409. The number of carbonyl (C=O) groups excluding carboxylic acids is 1. The van der Waals surface area contributed by atoms with Crippen LogP contribution >= 0.6 is 11.8 Å². The van der Waals surface area contributed by atoms with E-state index in [9.17, 15) is 4.79 Å². The number of amides is 1. The largest absolute Gasteiger partial charge is 0.495 e. The molecule has 0 saturated carbocycles. The van der Waals surface area contributed by atoms with Crippen molar-refractivity contribution in [2.75, 3.05) is 30.4 Å². The van der Waals surface area contributed by atoms with Crippen molar-refractivity contribution in [1.29, 1.82) is 0 Å². The third-order valence-corrected chi connectivity index (χ3v) is 6.33. The first-order valence-corrected chi connectivity index (χ1v) is 11.3. The van der Waals surface area contributed by atoms with E-state index >= 15 is 0 Å². The zero-order valence-electron chi connectivity index (χ0n) is 17.8. The molecule has 0 radical (unpaired) electrons. The Bertz CT molecular complexity index is 999. The summed E-state index contributed by atoms with van der Waals surface area (Å²) in [6.07, 6.45) is 5.20. The van der Waals surface area contributed by atoms with Gasteiger partial charge in [0.15, 0.2) is 5.16 Å². The molecular formula is C22H27N5O3S. The van der Waals surface area contributed by atoms with E-state index in [0.29, 0.717) is 23.1 Å². The third-order valence-electron chi connectivity index (χ3n) is 5.25. The molecule has 1 N–H and O–H groups in total. The van der Waals surface area contributed by atoms with Crippen LogP contribution in [0.25, 0.3) is 0 Å². The van der Waals surface area contributed by atoms with Crippen LogP contribution in [0.4, 0.5) is 11.6 Å². The van der Waals surface area contributed by atoms with E-state index in [0.717, 1.165) is 37.6 Å². The lowest BCUT2D eigenvalue weighted by Gasteiger charge is -2.27. The fourth-order valence-electron chi connectivity index (χ4n) is 3.59. The number of piperidine rings is 1. The van der Waals surface area contributed by atoms with Crippen molar-refractivity contribution in [3.05, 3.63) is 48.4 Å². The van der Waals surface area contributed by atoms with E-state index in [1.165, 1.54) is 18.2 Å². The number of furan rings is 1. The summed E-state index contributed by atoms with van der Waals surface area (Å²) in [7, 11) is 1.59. The second-order valence-corrected chi connectivity index (χ2v) is 8.75. The van der Waals surface area contributed by atoms with E-state index < -0.39 is 0 Å². The number of methoxy groups -OCH3 is 1. The maximum Gasteiger partial charge on any atom is 0.237 e. The van der Waals surface area contributed by atoms with Gasteiger partial charge in [0.1, 0.15) is 11.5 Å². The van der Waals surface area contributed by atoms with Gasteiger partial charge in [-0.15, -0.1) is 10.2 Å². The summed E-state index contributed by atoms with van der Waals surface area (Å²) in [4.78, 5) is 15.1. The minimum absolute atomic E-state index is 0.124. The molecule has 8 nitrogen and oxygen atoms in total. The molecule has 1 atom stereocenters. The normalized spacial score (nSPS) is 15.0. The molecule has 1 amide bonds. The highest BCUT2D eigenvalue weighted by Gasteiger charge is 2.24. The SMILES string of the molecule is COc1ccccc1NC(=O)C(C)Sc1nnc(N2CCCCC2)n1Cc1ccco1. The summed E-state index contributed by atoms with van der Waals surface area (Å²) in [5, 5.41) is 12.2. The van der Waals surface area contributed by atoms with Crippen LogP contribution in [0.2, 0.25) is 0 Å². The van der Waals surface area contributed by atoms with Gasteiger partial charge in [-0.1, -0.05) is 23.9 Å².